The van der Waals surface area contributed by atoms with Crippen LogP contribution in [-0.2, 0) is 20.8 Å². The first-order valence-electron chi connectivity index (χ1n) is 6.27. The predicted octanol–water partition coefficient (Wildman–Crippen LogP) is 2.02. The van der Waals surface area contributed by atoms with Gasteiger partial charge in [-0.25, -0.2) is 4.79 Å². The molecule has 1 fully saturated rings. The Kier molecular flexibility index (Phi) is 4.80. The third kappa shape index (κ3) is 3.69. The van der Waals surface area contributed by atoms with E-state index in [1.165, 1.54) is 7.11 Å². The Balaban J connectivity index is 2.00. The third-order valence-electron chi connectivity index (χ3n) is 3.22. The molecule has 1 aromatic rings. The number of methoxy groups -OCH3 is 1. The number of carbonyl (C=O) groups excluding carboxylic acids is 1. The number of nitrogens with zero attached hydrogens (tertiary/aromatic N) is 1. The van der Waals surface area contributed by atoms with Crippen molar-refractivity contribution < 1.29 is 14.3 Å². The molecule has 0 spiro atoms. The van der Waals surface area contributed by atoms with Crippen molar-refractivity contribution in [3.63, 3.8) is 0 Å². The van der Waals surface area contributed by atoms with Gasteiger partial charge < -0.3 is 9.47 Å². The lowest BCUT2D eigenvalue weighted by Crippen LogP contribution is -2.46. The molecule has 19 heavy (non-hydrogen) atoms. The van der Waals surface area contributed by atoms with Gasteiger partial charge in [-0.05, 0) is 24.1 Å². The van der Waals surface area contributed by atoms with E-state index in [0.29, 0.717) is 13.2 Å². The molecule has 1 aromatic carbocycles. The third-order valence-corrected chi connectivity index (χ3v) is 3.57. The summed E-state index contributed by atoms with van der Waals surface area (Å²) in [6, 6.07) is 6.02. The van der Waals surface area contributed by atoms with E-state index >= 15 is 0 Å². The van der Waals surface area contributed by atoms with Crippen molar-refractivity contribution in [2.45, 2.75) is 19.6 Å². The number of morpholine rings is 1. The van der Waals surface area contributed by atoms with Crippen molar-refractivity contribution in [2.75, 3.05) is 26.8 Å². The lowest BCUT2D eigenvalue weighted by Gasteiger charge is -2.31. The van der Waals surface area contributed by atoms with Gasteiger partial charge in [0.25, 0.3) is 0 Å². The SMILES string of the molecule is COC(=O)C1CN(Cc2ccc(C)cc2Cl)CCO1. The van der Waals surface area contributed by atoms with E-state index in [1.54, 1.807) is 0 Å². The first kappa shape index (κ1) is 14.3. The molecule has 0 saturated carbocycles. The lowest BCUT2D eigenvalue weighted by atomic mass is 10.1. The summed E-state index contributed by atoms with van der Waals surface area (Å²) < 4.78 is 10.1. The zero-order valence-electron chi connectivity index (χ0n) is 11.2. The Hall–Kier alpha value is -1.10. The van der Waals surface area contributed by atoms with Gasteiger partial charge in [-0.15, -0.1) is 0 Å². The molecule has 104 valence electrons. The monoisotopic (exact) mass is 283 g/mol. The Bertz CT molecular complexity index is 464. The molecule has 0 aliphatic carbocycles. The molecule has 1 atom stereocenters. The van der Waals surface area contributed by atoms with Crippen molar-refractivity contribution >= 4 is 17.6 Å². The van der Waals surface area contributed by atoms with Crippen LogP contribution in [0.25, 0.3) is 0 Å². The first-order chi connectivity index (χ1) is 9.10. The smallest absolute Gasteiger partial charge is 0.336 e. The van der Waals surface area contributed by atoms with Crippen LogP contribution in [0.3, 0.4) is 0 Å². The van der Waals surface area contributed by atoms with Crippen molar-refractivity contribution in [3.05, 3.63) is 34.3 Å². The van der Waals surface area contributed by atoms with Gasteiger partial charge in [0.15, 0.2) is 6.10 Å². The number of rotatable bonds is 3. The minimum absolute atomic E-state index is 0.320. The Morgan fingerprint density at radius 2 is 2.37 bits per heavy atom. The van der Waals surface area contributed by atoms with Gasteiger partial charge in [-0.1, -0.05) is 23.7 Å². The molecule has 1 saturated heterocycles. The van der Waals surface area contributed by atoms with E-state index in [1.807, 2.05) is 25.1 Å². The minimum atomic E-state index is -0.497. The summed E-state index contributed by atoms with van der Waals surface area (Å²) in [6.07, 6.45) is -0.497. The summed E-state index contributed by atoms with van der Waals surface area (Å²) in [7, 11) is 1.38. The second-order valence-corrected chi connectivity index (χ2v) is 5.12. The van der Waals surface area contributed by atoms with Gasteiger partial charge in [0.05, 0.1) is 13.7 Å². The maximum Gasteiger partial charge on any atom is 0.336 e. The average Bonchev–Trinajstić information content (AvgIpc) is 2.41. The van der Waals surface area contributed by atoms with Crippen LogP contribution < -0.4 is 0 Å². The number of ether oxygens (including phenoxy) is 2. The first-order valence-corrected chi connectivity index (χ1v) is 6.65. The van der Waals surface area contributed by atoms with Crippen LogP contribution in [0.5, 0.6) is 0 Å². The van der Waals surface area contributed by atoms with E-state index in [0.717, 1.165) is 29.2 Å². The normalized spacial score (nSPS) is 20.3. The summed E-state index contributed by atoms with van der Waals surface area (Å²) in [6.45, 7) is 4.59. The molecule has 0 N–H and O–H groups in total. The standard InChI is InChI=1S/C14H18ClNO3/c1-10-3-4-11(12(15)7-10)8-16-5-6-19-13(9-16)14(17)18-2/h3-4,7,13H,5-6,8-9H2,1-2H3. The molecule has 5 heteroatoms. The highest BCUT2D eigenvalue weighted by Gasteiger charge is 2.27. The van der Waals surface area contributed by atoms with Gasteiger partial charge in [-0.2, -0.15) is 0 Å². The molecule has 0 aromatic heterocycles. The highest BCUT2D eigenvalue weighted by Crippen LogP contribution is 2.20. The van der Waals surface area contributed by atoms with Gasteiger partial charge in [0, 0.05) is 24.7 Å². The van der Waals surface area contributed by atoms with E-state index in [2.05, 4.69) is 4.90 Å². The van der Waals surface area contributed by atoms with Crippen molar-refractivity contribution in [1.29, 1.82) is 0 Å². The average molecular weight is 284 g/mol. The second-order valence-electron chi connectivity index (χ2n) is 4.71. The van der Waals surface area contributed by atoms with E-state index in [9.17, 15) is 4.79 Å². The molecular formula is C14H18ClNO3. The Morgan fingerprint density at radius 3 is 3.05 bits per heavy atom. The van der Waals surface area contributed by atoms with Crippen LogP contribution in [0, 0.1) is 6.92 Å². The topological polar surface area (TPSA) is 38.8 Å². The predicted molar refractivity (Wildman–Crippen MR) is 73.2 cm³/mol. The van der Waals surface area contributed by atoms with Crippen LogP contribution in [0.2, 0.25) is 5.02 Å². The second kappa shape index (κ2) is 6.37. The number of halogens is 1. The van der Waals surface area contributed by atoms with Crippen LogP contribution >= 0.6 is 11.6 Å². The maximum atomic E-state index is 11.5. The summed E-state index contributed by atoms with van der Waals surface area (Å²) in [5.74, 6) is -0.320. The Labute approximate surface area is 118 Å². The number of carbonyl (C=O) groups is 1. The summed E-state index contributed by atoms with van der Waals surface area (Å²) >= 11 is 6.23. The van der Waals surface area contributed by atoms with Crippen LogP contribution in [0.1, 0.15) is 11.1 Å². The zero-order valence-corrected chi connectivity index (χ0v) is 11.9. The van der Waals surface area contributed by atoms with Gasteiger partial charge >= 0.3 is 5.97 Å². The largest absolute Gasteiger partial charge is 0.467 e. The maximum absolute atomic E-state index is 11.5. The molecular weight excluding hydrogens is 266 g/mol. The number of hydrogen-bond donors (Lipinski definition) is 0. The molecule has 0 amide bonds. The molecule has 4 nitrogen and oxygen atoms in total. The Morgan fingerprint density at radius 1 is 1.58 bits per heavy atom. The molecule has 1 aliphatic rings. The summed E-state index contributed by atoms with van der Waals surface area (Å²) in [5, 5.41) is 0.765. The quantitative estimate of drug-likeness (QED) is 0.796. The van der Waals surface area contributed by atoms with Gasteiger partial charge in [-0.3, -0.25) is 4.90 Å². The number of benzene rings is 1. The van der Waals surface area contributed by atoms with E-state index in [4.69, 9.17) is 21.1 Å². The fraction of sp³-hybridized carbons (Fsp3) is 0.500. The summed E-state index contributed by atoms with van der Waals surface area (Å²) in [4.78, 5) is 13.6. The van der Waals surface area contributed by atoms with E-state index < -0.39 is 6.10 Å². The molecule has 1 aliphatic heterocycles. The lowest BCUT2D eigenvalue weighted by molar-refractivity contribution is -0.160. The highest BCUT2D eigenvalue weighted by atomic mass is 35.5. The minimum Gasteiger partial charge on any atom is -0.467 e. The fourth-order valence-corrected chi connectivity index (χ4v) is 2.44. The molecule has 0 radical (unpaired) electrons. The van der Waals surface area contributed by atoms with Crippen LogP contribution in [-0.4, -0.2) is 43.8 Å². The van der Waals surface area contributed by atoms with Crippen molar-refractivity contribution in [2.24, 2.45) is 0 Å². The molecule has 0 bridgehead atoms. The zero-order chi connectivity index (χ0) is 13.8. The van der Waals surface area contributed by atoms with Crippen molar-refractivity contribution in [1.82, 2.24) is 4.90 Å². The van der Waals surface area contributed by atoms with Crippen LogP contribution in [0.4, 0.5) is 0 Å². The summed E-state index contributed by atoms with van der Waals surface area (Å²) in [5.41, 5.74) is 2.21. The molecule has 2 rings (SSSR count). The van der Waals surface area contributed by atoms with Crippen molar-refractivity contribution in [3.8, 4) is 0 Å². The number of aryl methyl sites for hydroxylation is 1. The molecule has 1 unspecified atom stereocenters. The van der Waals surface area contributed by atoms with E-state index in [-0.39, 0.29) is 5.97 Å². The van der Waals surface area contributed by atoms with Gasteiger partial charge in [0.1, 0.15) is 0 Å². The number of esters is 1. The molecule has 1 heterocycles. The van der Waals surface area contributed by atoms with Crippen LogP contribution in [0.15, 0.2) is 18.2 Å². The highest BCUT2D eigenvalue weighted by molar-refractivity contribution is 6.31. The fourth-order valence-electron chi connectivity index (χ4n) is 2.14. The van der Waals surface area contributed by atoms with Gasteiger partial charge in [0.2, 0.25) is 0 Å². The number of hydrogen-bond acceptors (Lipinski definition) is 4.